The Labute approximate surface area is 122 Å². The maximum Gasteiger partial charge on any atom is 0.253 e. The molecule has 3 N–H and O–H groups in total. The average molecular weight is 296 g/mol. The van der Waals surface area contributed by atoms with Crippen LogP contribution in [0.5, 0.6) is 0 Å². The van der Waals surface area contributed by atoms with E-state index in [4.69, 9.17) is 0 Å². The Bertz CT molecular complexity index is 429. The van der Waals surface area contributed by atoms with Crippen LogP contribution in [0.2, 0.25) is 0 Å². The van der Waals surface area contributed by atoms with E-state index in [0.29, 0.717) is 6.54 Å². The lowest BCUT2D eigenvalue weighted by Gasteiger charge is -2.14. The normalized spacial score (nSPS) is 13.7. The van der Waals surface area contributed by atoms with Gasteiger partial charge in [-0.25, -0.2) is 0 Å². The Balaban J connectivity index is 2.08. The summed E-state index contributed by atoms with van der Waals surface area (Å²) in [6.07, 6.45) is 2.55. The van der Waals surface area contributed by atoms with Gasteiger partial charge in [-0.1, -0.05) is 6.92 Å². The third kappa shape index (κ3) is 6.17. The van der Waals surface area contributed by atoms with Crippen molar-refractivity contribution in [3.05, 3.63) is 12.2 Å². The minimum Gasteiger partial charge on any atom is -0.354 e. The standard InChI is InChI=1S/C13H20N4O4/c1-2-14-9-11(19)15-6-5-10(18)16-7-8-17-12(20)3-4-13(17)21/h3-4,14H,2,5-9H2,1H3,(H,15,19)(H,16,18). The zero-order chi connectivity index (χ0) is 15.7. The molecule has 0 aliphatic carbocycles. The fourth-order valence-electron chi connectivity index (χ4n) is 1.66. The number of carbonyl (C=O) groups excluding carboxylic acids is 4. The molecule has 0 radical (unpaired) electrons. The van der Waals surface area contributed by atoms with Crippen LogP contribution in [-0.2, 0) is 19.2 Å². The minimum atomic E-state index is -0.370. The van der Waals surface area contributed by atoms with Gasteiger partial charge in [0.2, 0.25) is 11.8 Å². The Hall–Kier alpha value is -2.22. The fourth-order valence-corrected chi connectivity index (χ4v) is 1.66. The van der Waals surface area contributed by atoms with Crippen molar-refractivity contribution in [2.45, 2.75) is 13.3 Å². The quantitative estimate of drug-likeness (QED) is 0.433. The molecule has 0 saturated heterocycles. The Morgan fingerprint density at radius 1 is 1.05 bits per heavy atom. The molecule has 116 valence electrons. The van der Waals surface area contributed by atoms with Crippen LogP contribution in [0.1, 0.15) is 13.3 Å². The van der Waals surface area contributed by atoms with Gasteiger partial charge in [0.25, 0.3) is 11.8 Å². The van der Waals surface area contributed by atoms with Gasteiger partial charge in [-0.3, -0.25) is 24.1 Å². The summed E-state index contributed by atoms with van der Waals surface area (Å²) in [4.78, 5) is 46.3. The van der Waals surface area contributed by atoms with E-state index < -0.39 is 0 Å². The van der Waals surface area contributed by atoms with Crippen LogP contribution in [0.15, 0.2) is 12.2 Å². The molecular formula is C13H20N4O4. The summed E-state index contributed by atoms with van der Waals surface area (Å²) in [6.45, 7) is 3.42. The molecule has 1 aliphatic rings. The van der Waals surface area contributed by atoms with Crippen molar-refractivity contribution in [1.29, 1.82) is 0 Å². The maximum atomic E-state index is 11.5. The number of rotatable bonds is 9. The number of hydrogen-bond donors (Lipinski definition) is 3. The summed E-state index contributed by atoms with van der Waals surface area (Å²) < 4.78 is 0. The van der Waals surface area contributed by atoms with Crippen molar-refractivity contribution in [3.63, 3.8) is 0 Å². The molecule has 0 spiro atoms. The van der Waals surface area contributed by atoms with Gasteiger partial charge < -0.3 is 16.0 Å². The highest BCUT2D eigenvalue weighted by molar-refractivity contribution is 6.12. The first-order chi connectivity index (χ1) is 10.0. The summed E-state index contributed by atoms with van der Waals surface area (Å²) in [5.74, 6) is -1.15. The first-order valence-corrected chi connectivity index (χ1v) is 6.82. The lowest BCUT2D eigenvalue weighted by molar-refractivity contribution is -0.137. The highest BCUT2D eigenvalue weighted by Crippen LogP contribution is 2.01. The summed E-state index contributed by atoms with van der Waals surface area (Å²) in [6, 6.07) is 0. The van der Waals surface area contributed by atoms with Crippen molar-refractivity contribution >= 4 is 23.6 Å². The van der Waals surface area contributed by atoms with E-state index in [9.17, 15) is 19.2 Å². The first-order valence-electron chi connectivity index (χ1n) is 6.82. The van der Waals surface area contributed by atoms with Crippen LogP contribution in [0, 0.1) is 0 Å². The van der Waals surface area contributed by atoms with E-state index in [2.05, 4.69) is 16.0 Å². The predicted octanol–water partition coefficient (Wildman–Crippen LogP) is -1.86. The van der Waals surface area contributed by atoms with Crippen LogP contribution >= 0.6 is 0 Å². The SMILES string of the molecule is CCNCC(=O)NCCC(=O)NCCN1C(=O)C=CC1=O. The summed E-state index contributed by atoms with van der Waals surface area (Å²) in [7, 11) is 0. The van der Waals surface area contributed by atoms with E-state index in [1.54, 1.807) is 0 Å². The minimum absolute atomic E-state index is 0.142. The molecule has 0 unspecified atom stereocenters. The molecule has 21 heavy (non-hydrogen) atoms. The van der Waals surface area contributed by atoms with Crippen LogP contribution < -0.4 is 16.0 Å². The van der Waals surface area contributed by atoms with Gasteiger partial charge in [0.05, 0.1) is 6.54 Å². The van der Waals surface area contributed by atoms with Gasteiger partial charge in [-0.2, -0.15) is 0 Å². The third-order valence-electron chi connectivity index (χ3n) is 2.77. The number of hydrogen-bond acceptors (Lipinski definition) is 5. The van der Waals surface area contributed by atoms with Crippen molar-refractivity contribution in [3.8, 4) is 0 Å². The Kier molecular flexibility index (Phi) is 7.10. The zero-order valence-corrected chi connectivity index (χ0v) is 12.0. The molecule has 0 bridgehead atoms. The molecule has 0 aromatic carbocycles. The molecule has 1 rings (SSSR count). The van der Waals surface area contributed by atoms with Gasteiger partial charge in [0, 0.05) is 38.2 Å². The molecule has 4 amide bonds. The van der Waals surface area contributed by atoms with E-state index in [1.807, 2.05) is 6.92 Å². The highest BCUT2D eigenvalue weighted by atomic mass is 16.2. The van der Waals surface area contributed by atoms with Crippen molar-refractivity contribution < 1.29 is 19.2 Å². The van der Waals surface area contributed by atoms with Crippen molar-refractivity contribution in [2.24, 2.45) is 0 Å². The Morgan fingerprint density at radius 3 is 2.29 bits per heavy atom. The molecule has 1 aliphatic heterocycles. The number of likely N-dealkylation sites (N-methyl/N-ethyl adjacent to an activating group) is 1. The number of imide groups is 1. The first kappa shape index (κ1) is 16.8. The molecule has 0 fully saturated rings. The largest absolute Gasteiger partial charge is 0.354 e. The molecule has 0 saturated carbocycles. The second-order valence-electron chi connectivity index (χ2n) is 4.39. The summed E-state index contributed by atoms with van der Waals surface area (Å²) in [5, 5.41) is 8.06. The summed E-state index contributed by atoms with van der Waals surface area (Å²) in [5.41, 5.74) is 0. The van der Waals surface area contributed by atoms with Gasteiger partial charge in [-0.15, -0.1) is 0 Å². The van der Waals surface area contributed by atoms with E-state index in [-0.39, 0.29) is 56.2 Å². The number of nitrogens with zero attached hydrogens (tertiary/aromatic N) is 1. The Morgan fingerprint density at radius 2 is 1.67 bits per heavy atom. The lowest BCUT2D eigenvalue weighted by Crippen LogP contribution is -2.39. The van der Waals surface area contributed by atoms with Gasteiger partial charge >= 0.3 is 0 Å². The summed E-state index contributed by atoms with van der Waals surface area (Å²) >= 11 is 0. The van der Waals surface area contributed by atoms with Crippen LogP contribution in [0.4, 0.5) is 0 Å². The van der Waals surface area contributed by atoms with Gasteiger partial charge in [0.1, 0.15) is 0 Å². The van der Waals surface area contributed by atoms with Crippen LogP contribution in [-0.4, -0.2) is 61.3 Å². The van der Waals surface area contributed by atoms with Crippen molar-refractivity contribution in [1.82, 2.24) is 20.9 Å². The van der Waals surface area contributed by atoms with Crippen LogP contribution in [0.25, 0.3) is 0 Å². The number of carbonyl (C=O) groups is 4. The monoisotopic (exact) mass is 296 g/mol. The van der Waals surface area contributed by atoms with Gasteiger partial charge in [0.15, 0.2) is 0 Å². The third-order valence-corrected chi connectivity index (χ3v) is 2.77. The van der Waals surface area contributed by atoms with E-state index in [1.165, 1.54) is 12.2 Å². The molecule has 8 heteroatoms. The molecule has 0 atom stereocenters. The average Bonchev–Trinajstić information content (AvgIpc) is 2.76. The van der Waals surface area contributed by atoms with Crippen LogP contribution in [0.3, 0.4) is 0 Å². The van der Waals surface area contributed by atoms with Crippen molar-refractivity contribution in [2.75, 3.05) is 32.7 Å². The maximum absolute atomic E-state index is 11.5. The molecular weight excluding hydrogens is 276 g/mol. The molecule has 0 aromatic rings. The highest BCUT2D eigenvalue weighted by Gasteiger charge is 2.22. The fraction of sp³-hybridized carbons (Fsp3) is 0.538. The smallest absolute Gasteiger partial charge is 0.253 e. The van der Waals surface area contributed by atoms with E-state index >= 15 is 0 Å². The second-order valence-corrected chi connectivity index (χ2v) is 4.39. The number of amides is 4. The number of nitrogens with one attached hydrogen (secondary N) is 3. The zero-order valence-electron chi connectivity index (χ0n) is 12.0. The van der Waals surface area contributed by atoms with Gasteiger partial charge in [-0.05, 0) is 6.54 Å². The lowest BCUT2D eigenvalue weighted by atomic mass is 10.3. The second kappa shape index (κ2) is 8.85. The molecule has 1 heterocycles. The predicted molar refractivity (Wildman–Crippen MR) is 75.0 cm³/mol. The topological polar surface area (TPSA) is 108 Å². The molecule has 8 nitrogen and oxygen atoms in total. The molecule has 0 aromatic heterocycles. The van der Waals surface area contributed by atoms with E-state index in [0.717, 1.165) is 4.90 Å².